The second kappa shape index (κ2) is 11.2. The number of rotatable bonds is 9. The Labute approximate surface area is 90.7 Å². The number of alkyl carbamates (subject to hydrolysis) is 1. The lowest BCUT2D eigenvalue weighted by atomic mass is 10.2. The number of hydrogen-bond acceptors (Lipinski definition) is 5. The molecule has 90 valence electrons. The van der Waals surface area contributed by atoms with Crippen LogP contribution in [0.3, 0.4) is 0 Å². The molecule has 15 heavy (non-hydrogen) atoms. The molecule has 0 atom stereocenters. The highest BCUT2D eigenvalue weighted by Crippen LogP contribution is 1.97. The number of hydrazine groups is 1. The SMILES string of the molecule is NCCOC(=O)NCCCCCCNN. The van der Waals surface area contributed by atoms with E-state index in [0.29, 0.717) is 13.1 Å². The lowest BCUT2D eigenvalue weighted by Crippen LogP contribution is -2.27. The number of ether oxygens (including phenoxy) is 1. The molecule has 1 amide bonds. The van der Waals surface area contributed by atoms with Crippen molar-refractivity contribution in [1.29, 1.82) is 0 Å². The molecule has 0 aliphatic rings. The van der Waals surface area contributed by atoms with Crippen molar-refractivity contribution in [3.05, 3.63) is 0 Å². The highest BCUT2D eigenvalue weighted by Gasteiger charge is 1.98. The summed E-state index contributed by atoms with van der Waals surface area (Å²) in [5.74, 6) is 5.12. The Kier molecular flexibility index (Phi) is 10.6. The lowest BCUT2D eigenvalue weighted by Gasteiger charge is -2.05. The Hall–Kier alpha value is -0.850. The predicted octanol–water partition coefficient (Wildman–Crippen LogP) is -0.305. The summed E-state index contributed by atoms with van der Waals surface area (Å²) in [5, 5.41) is 2.65. The van der Waals surface area contributed by atoms with E-state index in [0.717, 1.165) is 32.2 Å². The summed E-state index contributed by atoms with van der Waals surface area (Å²) < 4.78 is 4.73. The molecule has 0 heterocycles. The number of unbranched alkanes of at least 4 members (excludes halogenated alkanes) is 3. The van der Waals surface area contributed by atoms with Crippen LogP contribution in [0.4, 0.5) is 4.79 Å². The Balaban J connectivity index is 3.06. The van der Waals surface area contributed by atoms with Gasteiger partial charge in [0.1, 0.15) is 6.61 Å². The fraction of sp³-hybridized carbons (Fsp3) is 0.889. The van der Waals surface area contributed by atoms with Crippen LogP contribution in [0.5, 0.6) is 0 Å². The average molecular weight is 218 g/mol. The first-order valence-electron chi connectivity index (χ1n) is 5.35. The van der Waals surface area contributed by atoms with Crippen molar-refractivity contribution in [2.75, 3.05) is 26.2 Å². The van der Waals surface area contributed by atoms with Gasteiger partial charge >= 0.3 is 6.09 Å². The zero-order chi connectivity index (χ0) is 11.4. The second-order valence-electron chi connectivity index (χ2n) is 3.22. The van der Waals surface area contributed by atoms with Crippen molar-refractivity contribution in [3.8, 4) is 0 Å². The molecule has 0 radical (unpaired) electrons. The van der Waals surface area contributed by atoms with E-state index >= 15 is 0 Å². The average Bonchev–Trinajstić information content (AvgIpc) is 2.25. The van der Waals surface area contributed by atoms with Gasteiger partial charge in [0.25, 0.3) is 0 Å². The summed E-state index contributed by atoms with van der Waals surface area (Å²) in [7, 11) is 0. The Morgan fingerprint density at radius 3 is 2.40 bits per heavy atom. The third-order valence-corrected chi connectivity index (χ3v) is 1.87. The molecule has 0 unspecified atom stereocenters. The van der Waals surface area contributed by atoms with Crippen LogP contribution in [0.25, 0.3) is 0 Å². The molecule has 0 fully saturated rings. The van der Waals surface area contributed by atoms with E-state index in [2.05, 4.69) is 10.7 Å². The molecule has 0 bridgehead atoms. The molecule has 0 aromatic heterocycles. The first-order valence-corrected chi connectivity index (χ1v) is 5.35. The minimum Gasteiger partial charge on any atom is -0.448 e. The Morgan fingerprint density at radius 2 is 1.80 bits per heavy atom. The largest absolute Gasteiger partial charge is 0.448 e. The van der Waals surface area contributed by atoms with Crippen LogP contribution < -0.4 is 22.3 Å². The summed E-state index contributed by atoms with van der Waals surface area (Å²) in [6.07, 6.45) is 3.84. The zero-order valence-corrected chi connectivity index (χ0v) is 9.13. The van der Waals surface area contributed by atoms with Crippen LogP contribution in [0.2, 0.25) is 0 Å². The van der Waals surface area contributed by atoms with Crippen molar-refractivity contribution < 1.29 is 9.53 Å². The normalized spacial score (nSPS) is 10.0. The van der Waals surface area contributed by atoms with Gasteiger partial charge in [-0.3, -0.25) is 11.3 Å². The number of carbonyl (C=O) groups excluding carboxylic acids is 1. The van der Waals surface area contributed by atoms with Gasteiger partial charge in [-0.25, -0.2) is 4.79 Å². The standard InChI is InChI=1S/C9H22N4O2/c10-5-8-15-9(14)12-6-3-1-2-4-7-13-11/h13H,1-8,10-11H2,(H,12,14). The predicted molar refractivity (Wildman–Crippen MR) is 59.1 cm³/mol. The van der Waals surface area contributed by atoms with Crippen LogP contribution in [0, 0.1) is 0 Å². The van der Waals surface area contributed by atoms with E-state index in [4.69, 9.17) is 16.3 Å². The quantitative estimate of drug-likeness (QED) is 0.242. The summed E-state index contributed by atoms with van der Waals surface area (Å²) in [4.78, 5) is 10.9. The molecule has 0 aromatic rings. The molecule has 6 heteroatoms. The lowest BCUT2D eigenvalue weighted by molar-refractivity contribution is 0.149. The number of hydrogen-bond donors (Lipinski definition) is 4. The van der Waals surface area contributed by atoms with Gasteiger partial charge in [0.15, 0.2) is 0 Å². The van der Waals surface area contributed by atoms with E-state index in [1.165, 1.54) is 0 Å². The topological polar surface area (TPSA) is 102 Å². The number of carbonyl (C=O) groups is 1. The van der Waals surface area contributed by atoms with Gasteiger partial charge < -0.3 is 15.8 Å². The van der Waals surface area contributed by atoms with E-state index in [9.17, 15) is 4.79 Å². The van der Waals surface area contributed by atoms with E-state index in [1.807, 2.05) is 0 Å². The molecular formula is C9H22N4O2. The van der Waals surface area contributed by atoms with Crippen LogP contribution in [0.15, 0.2) is 0 Å². The van der Waals surface area contributed by atoms with Crippen LogP contribution in [-0.2, 0) is 4.74 Å². The first kappa shape index (κ1) is 14.2. The Bertz CT molecular complexity index is 155. The first-order chi connectivity index (χ1) is 7.31. The number of nitrogens with two attached hydrogens (primary N) is 2. The Morgan fingerprint density at radius 1 is 1.13 bits per heavy atom. The van der Waals surface area contributed by atoms with Crippen LogP contribution in [0.1, 0.15) is 25.7 Å². The second-order valence-corrected chi connectivity index (χ2v) is 3.22. The van der Waals surface area contributed by atoms with Crippen molar-refractivity contribution in [2.24, 2.45) is 11.6 Å². The van der Waals surface area contributed by atoms with Crippen molar-refractivity contribution >= 4 is 6.09 Å². The summed E-state index contributed by atoms with van der Waals surface area (Å²) >= 11 is 0. The van der Waals surface area contributed by atoms with Crippen molar-refractivity contribution in [2.45, 2.75) is 25.7 Å². The highest BCUT2D eigenvalue weighted by molar-refractivity contribution is 5.66. The molecule has 0 saturated heterocycles. The molecule has 0 aromatic carbocycles. The maximum atomic E-state index is 10.9. The molecule has 0 saturated carbocycles. The van der Waals surface area contributed by atoms with Crippen molar-refractivity contribution in [3.63, 3.8) is 0 Å². The smallest absolute Gasteiger partial charge is 0.407 e. The number of nitrogens with one attached hydrogen (secondary N) is 2. The van der Waals surface area contributed by atoms with Gasteiger partial charge in [-0.1, -0.05) is 12.8 Å². The monoisotopic (exact) mass is 218 g/mol. The van der Waals surface area contributed by atoms with E-state index in [1.54, 1.807) is 0 Å². The summed E-state index contributed by atoms with van der Waals surface area (Å²) in [6, 6.07) is 0. The van der Waals surface area contributed by atoms with Crippen LogP contribution in [-0.4, -0.2) is 32.3 Å². The third-order valence-electron chi connectivity index (χ3n) is 1.87. The van der Waals surface area contributed by atoms with Crippen LogP contribution >= 0.6 is 0 Å². The summed E-state index contributed by atoms with van der Waals surface area (Å²) in [6.45, 7) is 2.12. The summed E-state index contributed by atoms with van der Waals surface area (Å²) in [5.41, 5.74) is 7.78. The fourth-order valence-electron chi connectivity index (χ4n) is 1.10. The molecule has 0 aliphatic carbocycles. The van der Waals surface area contributed by atoms with E-state index < -0.39 is 0 Å². The molecule has 0 spiro atoms. The maximum absolute atomic E-state index is 10.9. The molecule has 0 aliphatic heterocycles. The van der Waals surface area contributed by atoms with Gasteiger partial charge in [0, 0.05) is 19.6 Å². The van der Waals surface area contributed by atoms with Crippen molar-refractivity contribution in [1.82, 2.24) is 10.7 Å². The molecule has 6 nitrogen and oxygen atoms in total. The van der Waals surface area contributed by atoms with E-state index in [-0.39, 0.29) is 12.7 Å². The minimum atomic E-state index is -0.385. The molecule has 0 rings (SSSR count). The van der Waals surface area contributed by atoms with Gasteiger partial charge in [0.2, 0.25) is 0 Å². The zero-order valence-electron chi connectivity index (χ0n) is 9.13. The third kappa shape index (κ3) is 11.1. The minimum absolute atomic E-state index is 0.272. The van der Waals surface area contributed by atoms with Gasteiger partial charge in [-0.15, -0.1) is 0 Å². The molecule has 6 N–H and O–H groups in total. The van der Waals surface area contributed by atoms with Gasteiger partial charge in [-0.05, 0) is 12.8 Å². The highest BCUT2D eigenvalue weighted by atomic mass is 16.5. The van der Waals surface area contributed by atoms with Gasteiger partial charge in [-0.2, -0.15) is 0 Å². The number of amides is 1. The molecular weight excluding hydrogens is 196 g/mol. The van der Waals surface area contributed by atoms with Gasteiger partial charge in [0.05, 0.1) is 0 Å². The maximum Gasteiger partial charge on any atom is 0.407 e. The fourth-order valence-corrected chi connectivity index (χ4v) is 1.10.